The highest BCUT2D eigenvalue weighted by Gasteiger charge is 2.19. The molecule has 0 bridgehead atoms. The van der Waals surface area contributed by atoms with Gasteiger partial charge in [0, 0.05) is 13.1 Å². The zero-order chi connectivity index (χ0) is 16.7. The van der Waals surface area contributed by atoms with Crippen molar-refractivity contribution in [3.05, 3.63) is 65.5 Å². The fraction of sp³-hybridized carbons (Fsp3) is 0.188. The molecule has 0 spiro atoms. The van der Waals surface area contributed by atoms with Gasteiger partial charge in [-0.1, -0.05) is 18.2 Å². The number of hydrogen-bond acceptors (Lipinski definition) is 5. The second-order valence-corrected chi connectivity index (χ2v) is 5.52. The van der Waals surface area contributed by atoms with E-state index < -0.39 is 0 Å². The Morgan fingerprint density at radius 3 is 2.87 bits per heavy atom. The molecule has 2 aromatic heterocycles. The Labute approximate surface area is 138 Å². The van der Waals surface area contributed by atoms with Crippen molar-refractivity contribution in [3.8, 4) is 0 Å². The minimum Gasteiger partial charge on any atom is -0.446 e. The topological polar surface area (TPSA) is 75.4 Å². The smallest absolute Gasteiger partial charge is 0.273 e. The molecule has 0 saturated carbocycles. The third-order valence-corrected chi connectivity index (χ3v) is 3.74. The van der Waals surface area contributed by atoms with Gasteiger partial charge in [-0.2, -0.15) is 0 Å². The number of hydrogen-bond donors (Lipinski definition) is 1. The van der Waals surface area contributed by atoms with Crippen molar-refractivity contribution in [2.24, 2.45) is 0 Å². The van der Waals surface area contributed by atoms with E-state index in [0.29, 0.717) is 23.9 Å². The molecular weight excluding hydrogens is 314 g/mol. The number of nitrogens with one attached hydrogen (secondary N) is 1. The summed E-state index contributed by atoms with van der Waals surface area (Å²) in [7, 11) is 0. The maximum atomic E-state index is 12.4. The molecule has 0 atom stereocenters. The SMILES string of the molecule is C=CCNC(=O)c1coc(CN(CC=C)C(=O)c2cccs2)n1. The first-order valence-electron chi connectivity index (χ1n) is 6.93. The van der Waals surface area contributed by atoms with Gasteiger partial charge in [0.2, 0.25) is 5.89 Å². The summed E-state index contributed by atoms with van der Waals surface area (Å²) in [5.74, 6) is -0.184. The van der Waals surface area contributed by atoms with Crippen LogP contribution in [0, 0.1) is 0 Å². The van der Waals surface area contributed by atoms with Crippen molar-refractivity contribution < 1.29 is 14.0 Å². The highest BCUT2D eigenvalue weighted by Crippen LogP contribution is 2.14. The van der Waals surface area contributed by atoms with Crippen LogP contribution in [0.5, 0.6) is 0 Å². The van der Waals surface area contributed by atoms with Crippen molar-refractivity contribution in [1.29, 1.82) is 0 Å². The predicted octanol–water partition coefficient (Wildman–Crippen LogP) is 2.48. The van der Waals surface area contributed by atoms with Crippen LogP contribution in [0.3, 0.4) is 0 Å². The van der Waals surface area contributed by atoms with Crippen molar-refractivity contribution in [3.63, 3.8) is 0 Å². The number of nitrogens with zero attached hydrogens (tertiary/aromatic N) is 2. The highest BCUT2D eigenvalue weighted by atomic mass is 32.1. The van der Waals surface area contributed by atoms with Gasteiger partial charge in [-0.15, -0.1) is 24.5 Å². The molecule has 120 valence electrons. The summed E-state index contributed by atoms with van der Waals surface area (Å²) < 4.78 is 5.29. The van der Waals surface area contributed by atoms with Gasteiger partial charge in [-0.05, 0) is 11.4 Å². The van der Waals surface area contributed by atoms with Gasteiger partial charge >= 0.3 is 0 Å². The van der Waals surface area contributed by atoms with E-state index in [4.69, 9.17) is 4.42 Å². The summed E-state index contributed by atoms with van der Waals surface area (Å²) >= 11 is 1.36. The second kappa shape index (κ2) is 8.09. The molecule has 0 radical (unpaired) electrons. The normalized spacial score (nSPS) is 10.1. The van der Waals surface area contributed by atoms with E-state index >= 15 is 0 Å². The van der Waals surface area contributed by atoms with Crippen LogP contribution in [-0.4, -0.2) is 34.8 Å². The van der Waals surface area contributed by atoms with Crippen LogP contribution in [0.25, 0.3) is 0 Å². The van der Waals surface area contributed by atoms with Gasteiger partial charge in [0.1, 0.15) is 6.26 Å². The van der Waals surface area contributed by atoms with E-state index in [1.54, 1.807) is 23.1 Å². The van der Waals surface area contributed by atoms with Gasteiger partial charge in [0.25, 0.3) is 11.8 Å². The summed E-state index contributed by atoms with van der Waals surface area (Å²) in [4.78, 5) is 30.5. The molecule has 7 heteroatoms. The van der Waals surface area contributed by atoms with Gasteiger partial charge in [-0.25, -0.2) is 4.98 Å². The van der Waals surface area contributed by atoms with E-state index in [-0.39, 0.29) is 24.1 Å². The molecule has 0 saturated heterocycles. The maximum Gasteiger partial charge on any atom is 0.273 e. The Morgan fingerprint density at radius 2 is 2.22 bits per heavy atom. The van der Waals surface area contributed by atoms with Crippen LogP contribution >= 0.6 is 11.3 Å². The predicted molar refractivity (Wildman–Crippen MR) is 88.3 cm³/mol. The van der Waals surface area contributed by atoms with Crippen LogP contribution in [0.4, 0.5) is 0 Å². The Hall–Kier alpha value is -2.67. The van der Waals surface area contributed by atoms with Gasteiger partial charge in [0.15, 0.2) is 5.69 Å². The molecular formula is C16H17N3O3S. The lowest BCUT2D eigenvalue weighted by Crippen LogP contribution is -2.30. The Bertz CT molecular complexity index is 691. The Morgan fingerprint density at radius 1 is 1.39 bits per heavy atom. The van der Waals surface area contributed by atoms with Gasteiger partial charge in [0.05, 0.1) is 11.4 Å². The number of amides is 2. The molecule has 1 N–H and O–H groups in total. The second-order valence-electron chi connectivity index (χ2n) is 4.58. The van der Waals surface area contributed by atoms with E-state index in [0.717, 1.165) is 0 Å². The van der Waals surface area contributed by atoms with Gasteiger partial charge < -0.3 is 14.6 Å². The standard InChI is InChI=1S/C16H17N3O3S/c1-3-7-17-15(20)12-11-22-14(18-12)10-19(8-4-2)16(21)13-6-5-9-23-13/h3-6,9,11H,1-2,7-8,10H2,(H,17,20). The number of thiophene rings is 1. The van der Waals surface area contributed by atoms with Crippen molar-refractivity contribution in [2.75, 3.05) is 13.1 Å². The first-order valence-corrected chi connectivity index (χ1v) is 7.80. The van der Waals surface area contributed by atoms with Crippen LogP contribution in [0.15, 0.2) is 53.5 Å². The molecule has 0 aliphatic rings. The quantitative estimate of drug-likeness (QED) is 0.754. The molecule has 23 heavy (non-hydrogen) atoms. The first-order chi connectivity index (χ1) is 11.2. The molecule has 2 amide bonds. The Kier molecular flexibility index (Phi) is 5.87. The average molecular weight is 331 g/mol. The lowest BCUT2D eigenvalue weighted by atomic mass is 10.3. The van der Waals surface area contributed by atoms with Crippen LogP contribution in [0.2, 0.25) is 0 Å². The number of rotatable bonds is 8. The minimum atomic E-state index is -0.347. The number of carbonyl (C=O) groups is 2. The number of oxazole rings is 1. The summed E-state index contributed by atoms with van der Waals surface area (Å²) in [5.41, 5.74) is 0.170. The van der Waals surface area contributed by atoms with E-state index in [1.807, 2.05) is 11.4 Å². The van der Waals surface area contributed by atoms with Gasteiger partial charge in [-0.3, -0.25) is 9.59 Å². The largest absolute Gasteiger partial charge is 0.446 e. The third-order valence-electron chi connectivity index (χ3n) is 2.89. The molecule has 2 aromatic rings. The number of carbonyl (C=O) groups excluding carboxylic acids is 2. The summed E-state index contributed by atoms with van der Waals surface area (Å²) in [5, 5.41) is 4.45. The summed E-state index contributed by atoms with van der Waals surface area (Å²) in [6.07, 6.45) is 4.48. The molecule has 2 heterocycles. The Balaban J connectivity index is 2.07. The molecule has 0 fully saturated rings. The first kappa shape index (κ1) is 16.7. The monoisotopic (exact) mass is 331 g/mol. The zero-order valence-corrected chi connectivity index (χ0v) is 13.3. The van der Waals surface area contributed by atoms with Crippen LogP contribution < -0.4 is 5.32 Å². The average Bonchev–Trinajstić information content (AvgIpc) is 3.23. The molecule has 0 unspecified atom stereocenters. The maximum absolute atomic E-state index is 12.4. The lowest BCUT2D eigenvalue weighted by Gasteiger charge is -2.18. The fourth-order valence-electron chi connectivity index (χ4n) is 1.84. The molecule has 0 aliphatic heterocycles. The van der Waals surface area contributed by atoms with Crippen molar-refractivity contribution in [2.45, 2.75) is 6.54 Å². The van der Waals surface area contributed by atoms with E-state index in [1.165, 1.54) is 17.6 Å². The van der Waals surface area contributed by atoms with E-state index in [2.05, 4.69) is 23.5 Å². The molecule has 2 rings (SSSR count). The van der Waals surface area contributed by atoms with Crippen LogP contribution in [-0.2, 0) is 6.54 Å². The van der Waals surface area contributed by atoms with Crippen LogP contribution in [0.1, 0.15) is 26.1 Å². The highest BCUT2D eigenvalue weighted by molar-refractivity contribution is 7.12. The molecule has 6 nitrogen and oxygen atoms in total. The number of aromatic nitrogens is 1. The van der Waals surface area contributed by atoms with Crippen molar-refractivity contribution >= 4 is 23.2 Å². The zero-order valence-electron chi connectivity index (χ0n) is 12.5. The summed E-state index contributed by atoms with van der Waals surface area (Å²) in [6, 6.07) is 3.57. The van der Waals surface area contributed by atoms with E-state index in [9.17, 15) is 9.59 Å². The molecule has 0 aromatic carbocycles. The van der Waals surface area contributed by atoms with Crippen molar-refractivity contribution in [1.82, 2.24) is 15.2 Å². The fourth-order valence-corrected chi connectivity index (χ4v) is 2.53. The lowest BCUT2D eigenvalue weighted by molar-refractivity contribution is 0.0754. The minimum absolute atomic E-state index is 0.129. The summed E-state index contributed by atoms with van der Waals surface area (Å²) in [6.45, 7) is 8.05. The molecule has 0 aliphatic carbocycles. The third kappa shape index (κ3) is 4.40.